The lowest BCUT2D eigenvalue weighted by Crippen LogP contribution is -2.41. The molecule has 1 aliphatic carbocycles. The van der Waals surface area contributed by atoms with Gasteiger partial charge in [0.2, 0.25) is 17.7 Å². The Morgan fingerprint density at radius 3 is 2.44 bits per heavy atom. The molecule has 2 fully saturated rings. The Balaban J connectivity index is 1.40. The van der Waals surface area contributed by atoms with Gasteiger partial charge in [0.05, 0.1) is 25.0 Å². The SMILES string of the molecule is CC(=O)Nc1cccc(NC(=O)C2CC2C(=O)NCCN2CCOCC2)c1. The maximum atomic E-state index is 12.3. The number of carbonyl (C=O) groups excluding carboxylic acids is 3. The zero-order valence-electron chi connectivity index (χ0n) is 15.5. The third kappa shape index (κ3) is 5.77. The van der Waals surface area contributed by atoms with E-state index in [0.717, 1.165) is 32.8 Å². The number of hydrogen-bond donors (Lipinski definition) is 3. The van der Waals surface area contributed by atoms with E-state index in [1.54, 1.807) is 24.3 Å². The maximum Gasteiger partial charge on any atom is 0.228 e. The highest BCUT2D eigenvalue weighted by Crippen LogP contribution is 2.39. The zero-order valence-corrected chi connectivity index (χ0v) is 15.5. The Bertz CT molecular complexity index is 703. The van der Waals surface area contributed by atoms with E-state index in [-0.39, 0.29) is 29.6 Å². The Labute approximate surface area is 158 Å². The first kappa shape index (κ1) is 19.3. The zero-order chi connectivity index (χ0) is 19.2. The number of morpholine rings is 1. The quantitative estimate of drug-likeness (QED) is 0.651. The van der Waals surface area contributed by atoms with Gasteiger partial charge in [-0.1, -0.05) is 6.07 Å². The van der Waals surface area contributed by atoms with Crippen LogP contribution in [0.5, 0.6) is 0 Å². The fourth-order valence-electron chi connectivity index (χ4n) is 3.18. The first-order chi connectivity index (χ1) is 13.0. The average Bonchev–Trinajstić information content (AvgIpc) is 3.43. The van der Waals surface area contributed by atoms with Gasteiger partial charge in [-0.3, -0.25) is 19.3 Å². The van der Waals surface area contributed by atoms with Gasteiger partial charge in [0.15, 0.2) is 0 Å². The molecule has 8 nitrogen and oxygen atoms in total. The maximum absolute atomic E-state index is 12.3. The molecule has 0 bridgehead atoms. The van der Waals surface area contributed by atoms with Crippen molar-refractivity contribution in [3.05, 3.63) is 24.3 Å². The van der Waals surface area contributed by atoms with Gasteiger partial charge >= 0.3 is 0 Å². The lowest BCUT2D eigenvalue weighted by molar-refractivity contribution is -0.125. The Morgan fingerprint density at radius 2 is 1.74 bits per heavy atom. The van der Waals surface area contributed by atoms with Gasteiger partial charge in [-0.15, -0.1) is 0 Å². The van der Waals surface area contributed by atoms with Crippen LogP contribution in [0.1, 0.15) is 13.3 Å². The molecule has 0 aromatic heterocycles. The summed E-state index contributed by atoms with van der Waals surface area (Å²) in [6.45, 7) is 6.07. The van der Waals surface area contributed by atoms with E-state index in [1.807, 2.05) is 0 Å². The van der Waals surface area contributed by atoms with E-state index in [0.29, 0.717) is 24.3 Å². The first-order valence-corrected chi connectivity index (χ1v) is 9.29. The summed E-state index contributed by atoms with van der Waals surface area (Å²) in [4.78, 5) is 37.9. The average molecular weight is 374 g/mol. The standard InChI is InChI=1S/C19H26N4O4/c1-13(24)21-14-3-2-4-15(11-14)22-19(26)17-12-16(17)18(25)20-5-6-23-7-9-27-10-8-23/h2-4,11,16-17H,5-10,12H2,1H3,(H,20,25)(H,21,24)(H,22,26). The van der Waals surface area contributed by atoms with Crippen LogP contribution in [0.25, 0.3) is 0 Å². The lowest BCUT2D eigenvalue weighted by atomic mass is 10.2. The number of ether oxygens (including phenoxy) is 1. The Hall–Kier alpha value is -2.45. The molecule has 2 aliphatic rings. The van der Waals surface area contributed by atoms with Crippen molar-refractivity contribution in [1.29, 1.82) is 0 Å². The van der Waals surface area contributed by atoms with E-state index in [9.17, 15) is 14.4 Å². The molecule has 2 atom stereocenters. The second-order valence-electron chi connectivity index (χ2n) is 6.94. The van der Waals surface area contributed by atoms with Gasteiger partial charge in [0.1, 0.15) is 0 Å². The van der Waals surface area contributed by atoms with Crippen molar-refractivity contribution in [3.63, 3.8) is 0 Å². The van der Waals surface area contributed by atoms with Crippen molar-refractivity contribution < 1.29 is 19.1 Å². The molecule has 3 amide bonds. The summed E-state index contributed by atoms with van der Waals surface area (Å²) in [5.74, 6) is -0.945. The molecule has 1 aromatic rings. The van der Waals surface area contributed by atoms with Crippen LogP contribution in [0, 0.1) is 11.8 Å². The van der Waals surface area contributed by atoms with Crippen LogP contribution in [0.3, 0.4) is 0 Å². The van der Waals surface area contributed by atoms with E-state index in [4.69, 9.17) is 4.74 Å². The van der Waals surface area contributed by atoms with Crippen LogP contribution in [-0.4, -0.2) is 62.0 Å². The highest BCUT2D eigenvalue weighted by molar-refractivity contribution is 6.00. The molecule has 1 aromatic carbocycles. The van der Waals surface area contributed by atoms with Gasteiger partial charge in [0.25, 0.3) is 0 Å². The number of anilines is 2. The van der Waals surface area contributed by atoms with Crippen molar-refractivity contribution in [3.8, 4) is 0 Å². The molecule has 3 rings (SSSR count). The molecule has 1 saturated heterocycles. The van der Waals surface area contributed by atoms with Crippen molar-refractivity contribution >= 4 is 29.1 Å². The van der Waals surface area contributed by atoms with Crippen LogP contribution in [0.4, 0.5) is 11.4 Å². The first-order valence-electron chi connectivity index (χ1n) is 9.29. The summed E-state index contributed by atoms with van der Waals surface area (Å²) in [6.07, 6.45) is 0.570. The number of hydrogen-bond acceptors (Lipinski definition) is 5. The molecule has 2 unspecified atom stereocenters. The highest BCUT2D eigenvalue weighted by atomic mass is 16.5. The predicted molar refractivity (Wildman–Crippen MR) is 101 cm³/mol. The number of rotatable bonds is 7. The summed E-state index contributed by atoms with van der Waals surface area (Å²) < 4.78 is 5.30. The van der Waals surface area contributed by atoms with Gasteiger partial charge in [-0.2, -0.15) is 0 Å². The molecule has 146 valence electrons. The van der Waals surface area contributed by atoms with E-state index >= 15 is 0 Å². The molecule has 1 saturated carbocycles. The minimum Gasteiger partial charge on any atom is -0.379 e. The summed E-state index contributed by atoms with van der Waals surface area (Å²) >= 11 is 0. The highest BCUT2D eigenvalue weighted by Gasteiger charge is 2.47. The minimum atomic E-state index is -0.294. The monoisotopic (exact) mass is 374 g/mol. The van der Waals surface area contributed by atoms with Crippen LogP contribution < -0.4 is 16.0 Å². The fourth-order valence-corrected chi connectivity index (χ4v) is 3.18. The van der Waals surface area contributed by atoms with Crippen LogP contribution in [-0.2, 0) is 19.1 Å². The van der Waals surface area contributed by atoms with Crippen LogP contribution in [0.15, 0.2) is 24.3 Å². The number of carbonyl (C=O) groups is 3. The molecular weight excluding hydrogens is 348 g/mol. The number of amides is 3. The van der Waals surface area contributed by atoms with Gasteiger partial charge in [0, 0.05) is 44.5 Å². The topological polar surface area (TPSA) is 99.8 Å². The predicted octanol–water partition coefficient (Wildman–Crippen LogP) is 0.668. The van der Waals surface area contributed by atoms with Crippen molar-refractivity contribution in [2.45, 2.75) is 13.3 Å². The molecular formula is C19H26N4O4. The second-order valence-corrected chi connectivity index (χ2v) is 6.94. The second kappa shape index (κ2) is 8.96. The molecule has 0 radical (unpaired) electrons. The van der Waals surface area contributed by atoms with Gasteiger partial charge < -0.3 is 20.7 Å². The lowest BCUT2D eigenvalue weighted by Gasteiger charge is -2.26. The number of nitrogens with one attached hydrogen (secondary N) is 3. The van der Waals surface area contributed by atoms with Crippen LogP contribution in [0.2, 0.25) is 0 Å². The van der Waals surface area contributed by atoms with Crippen molar-refractivity contribution in [1.82, 2.24) is 10.2 Å². The Kier molecular flexibility index (Phi) is 6.41. The minimum absolute atomic E-state index is 0.0598. The third-order valence-electron chi connectivity index (χ3n) is 4.75. The molecule has 0 spiro atoms. The Morgan fingerprint density at radius 1 is 1.07 bits per heavy atom. The molecule has 8 heteroatoms. The van der Waals surface area contributed by atoms with Crippen LogP contribution >= 0.6 is 0 Å². The summed E-state index contributed by atoms with van der Waals surface area (Å²) in [7, 11) is 0. The number of nitrogens with zero attached hydrogens (tertiary/aromatic N) is 1. The molecule has 1 aliphatic heterocycles. The summed E-state index contributed by atoms with van der Waals surface area (Å²) in [5, 5.41) is 8.41. The van der Waals surface area contributed by atoms with E-state index < -0.39 is 0 Å². The largest absolute Gasteiger partial charge is 0.379 e. The number of benzene rings is 1. The fraction of sp³-hybridized carbons (Fsp3) is 0.526. The molecule has 3 N–H and O–H groups in total. The van der Waals surface area contributed by atoms with E-state index in [1.165, 1.54) is 6.92 Å². The third-order valence-corrected chi connectivity index (χ3v) is 4.75. The smallest absolute Gasteiger partial charge is 0.228 e. The van der Waals surface area contributed by atoms with E-state index in [2.05, 4.69) is 20.9 Å². The van der Waals surface area contributed by atoms with Gasteiger partial charge in [-0.25, -0.2) is 0 Å². The van der Waals surface area contributed by atoms with Gasteiger partial charge in [-0.05, 0) is 24.6 Å². The van der Waals surface area contributed by atoms with Crippen molar-refractivity contribution in [2.24, 2.45) is 11.8 Å². The molecule has 27 heavy (non-hydrogen) atoms. The molecule has 1 heterocycles. The summed E-state index contributed by atoms with van der Waals surface area (Å²) in [5.41, 5.74) is 1.22. The summed E-state index contributed by atoms with van der Waals surface area (Å²) in [6, 6.07) is 6.95. The normalized spacial score (nSPS) is 22.0. The van der Waals surface area contributed by atoms with Crippen molar-refractivity contribution in [2.75, 3.05) is 50.0 Å².